The predicted molar refractivity (Wildman–Crippen MR) is 78.8 cm³/mol. The highest BCUT2D eigenvalue weighted by atomic mass is 16.5. The number of rotatable bonds is 5. The molecule has 1 fully saturated rings. The van der Waals surface area contributed by atoms with Gasteiger partial charge in [-0.15, -0.1) is 0 Å². The number of nitrogens with one attached hydrogen (secondary N) is 1. The Hall–Kier alpha value is -1.79. The zero-order valence-electron chi connectivity index (χ0n) is 12.5. The summed E-state index contributed by atoms with van der Waals surface area (Å²) >= 11 is 0. The van der Waals surface area contributed by atoms with Crippen molar-refractivity contribution in [2.75, 3.05) is 39.9 Å². The summed E-state index contributed by atoms with van der Waals surface area (Å²) in [5.74, 6) is 0.140. The van der Waals surface area contributed by atoms with E-state index in [2.05, 4.69) is 17.1 Å². The van der Waals surface area contributed by atoms with Crippen molar-refractivity contribution in [1.29, 1.82) is 0 Å². The minimum atomic E-state index is -0.330. The SMILES string of the molecule is CCN1CCOC(CNC(=O)c2cc(OC)ccc2O)C1. The molecule has 1 aliphatic heterocycles. The number of phenols is 1. The molecule has 0 aliphatic carbocycles. The first-order chi connectivity index (χ1) is 10.1. The molecule has 6 heteroatoms. The summed E-state index contributed by atoms with van der Waals surface area (Å²) in [6.07, 6.45) is -0.0181. The van der Waals surface area contributed by atoms with E-state index in [1.54, 1.807) is 6.07 Å². The molecule has 6 nitrogen and oxygen atoms in total. The maximum atomic E-state index is 12.1. The van der Waals surface area contributed by atoms with Crippen molar-refractivity contribution < 1.29 is 19.4 Å². The Morgan fingerprint density at radius 2 is 2.38 bits per heavy atom. The predicted octanol–water partition coefficient (Wildman–Crippen LogP) is 0.851. The van der Waals surface area contributed by atoms with E-state index in [1.165, 1.54) is 19.2 Å². The van der Waals surface area contributed by atoms with Gasteiger partial charge < -0.3 is 19.9 Å². The second-order valence-electron chi connectivity index (χ2n) is 4.98. The lowest BCUT2D eigenvalue weighted by atomic mass is 10.1. The van der Waals surface area contributed by atoms with Crippen molar-refractivity contribution in [3.8, 4) is 11.5 Å². The summed E-state index contributed by atoms with van der Waals surface area (Å²) in [6.45, 7) is 5.92. The van der Waals surface area contributed by atoms with Gasteiger partial charge in [0.1, 0.15) is 11.5 Å². The normalized spacial score (nSPS) is 19.2. The molecular weight excluding hydrogens is 272 g/mol. The number of phenolic OH excluding ortho intramolecular Hbond substituents is 1. The number of amides is 1. The monoisotopic (exact) mass is 294 g/mol. The van der Waals surface area contributed by atoms with Gasteiger partial charge in [0.05, 0.1) is 25.4 Å². The van der Waals surface area contributed by atoms with E-state index in [-0.39, 0.29) is 23.3 Å². The van der Waals surface area contributed by atoms with Gasteiger partial charge in [0, 0.05) is 19.6 Å². The summed E-state index contributed by atoms with van der Waals surface area (Å²) in [7, 11) is 1.52. The third-order valence-corrected chi connectivity index (χ3v) is 3.61. The summed E-state index contributed by atoms with van der Waals surface area (Å²) in [5, 5.41) is 12.6. The van der Waals surface area contributed by atoms with E-state index in [1.807, 2.05) is 0 Å². The van der Waals surface area contributed by atoms with Crippen LogP contribution in [0.4, 0.5) is 0 Å². The second-order valence-corrected chi connectivity index (χ2v) is 4.98. The highest BCUT2D eigenvalue weighted by molar-refractivity contribution is 5.97. The van der Waals surface area contributed by atoms with Crippen LogP contribution < -0.4 is 10.1 Å². The number of morpholine rings is 1. The smallest absolute Gasteiger partial charge is 0.255 e. The number of nitrogens with zero attached hydrogens (tertiary/aromatic N) is 1. The molecule has 1 aromatic carbocycles. The molecule has 1 atom stereocenters. The van der Waals surface area contributed by atoms with Crippen LogP contribution in [0, 0.1) is 0 Å². The fourth-order valence-electron chi connectivity index (χ4n) is 2.32. The molecule has 0 radical (unpaired) electrons. The van der Waals surface area contributed by atoms with Crippen molar-refractivity contribution in [2.24, 2.45) is 0 Å². The molecule has 1 heterocycles. The van der Waals surface area contributed by atoms with E-state index >= 15 is 0 Å². The molecular formula is C15H22N2O4. The van der Waals surface area contributed by atoms with Crippen molar-refractivity contribution in [2.45, 2.75) is 13.0 Å². The molecule has 1 unspecified atom stereocenters. The fraction of sp³-hybridized carbons (Fsp3) is 0.533. The molecule has 1 saturated heterocycles. The molecule has 2 rings (SSSR count). The highest BCUT2D eigenvalue weighted by Crippen LogP contribution is 2.22. The molecule has 0 bridgehead atoms. The van der Waals surface area contributed by atoms with Crippen LogP contribution in [-0.2, 0) is 4.74 Å². The average Bonchev–Trinajstić information content (AvgIpc) is 2.53. The number of benzene rings is 1. The molecule has 0 spiro atoms. The van der Waals surface area contributed by atoms with E-state index in [0.717, 1.165) is 19.6 Å². The van der Waals surface area contributed by atoms with Gasteiger partial charge in [-0.1, -0.05) is 6.92 Å². The summed E-state index contributed by atoms with van der Waals surface area (Å²) in [5.41, 5.74) is 0.206. The summed E-state index contributed by atoms with van der Waals surface area (Å²) < 4.78 is 10.7. The van der Waals surface area contributed by atoms with Gasteiger partial charge in [-0.3, -0.25) is 9.69 Å². The van der Waals surface area contributed by atoms with Gasteiger partial charge in [0.25, 0.3) is 5.91 Å². The average molecular weight is 294 g/mol. The lowest BCUT2D eigenvalue weighted by molar-refractivity contribution is -0.0246. The van der Waals surface area contributed by atoms with E-state index in [0.29, 0.717) is 18.9 Å². The van der Waals surface area contributed by atoms with Crippen LogP contribution in [0.15, 0.2) is 18.2 Å². The van der Waals surface area contributed by atoms with E-state index in [4.69, 9.17) is 9.47 Å². The van der Waals surface area contributed by atoms with E-state index < -0.39 is 0 Å². The molecule has 0 saturated carbocycles. The van der Waals surface area contributed by atoms with Crippen LogP contribution in [-0.4, -0.2) is 61.9 Å². The van der Waals surface area contributed by atoms with Crippen molar-refractivity contribution in [3.63, 3.8) is 0 Å². The van der Waals surface area contributed by atoms with Crippen LogP contribution >= 0.6 is 0 Å². The maximum absolute atomic E-state index is 12.1. The van der Waals surface area contributed by atoms with Gasteiger partial charge in [-0.2, -0.15) is 0 Å². The molecule has 1 amide bonds. The Kier molecular flexibility index (Phi) is 5.41. The third kappa shape index (κ3) is 4.09. The van der Waals surface area contributed by atoms with Crippen LogP contribution in [0.2, 0.25) is 0 Å². The molecule has 21 heavy (non-hydrogen) atoms. The Bertz CT molecular complexity index is 493. The Morgan fingerprint density at radius 1 is 1.57 bits per heavy atom. The molecule has 2 N–H and O–H groups in total. The number of hydrogen-bond donors (Lipinski definition) is 2. The first-order valence-corrected chi connectivity index (χ1v) is 7.13. The summed E-state index contributed by atoms with van der Waals surface area (Å²) in [6, 6.07) is 4.57. The number of aromatic hydroxyl groups is 1. The van der Waals surface area contributed by atoms with Crippen LogP contribution in [0.1, 0.15) is 17.3 Å². The first-order valence-electron chi connectivity index (χ1n) is 7.13. The lowest BCUT2D eigenvalue weighted by Gasteiger charge is -2.32. The lowest BCUT2D eigenvalue weighted by Crippen LogP contribution is -2.47. The van der Waals surface area contributed by atoms with Crippen LogP contribution in [0.3, 0.4) is 0 Å². The van der Waals surface area contributed by atoms with Crippen LogP contribution in [0.25, 0.3) is 0 Å². The number of carbonyl (C=O) groups excluding carboxylic acids is 1. The first kappa shape index (κ1) is 15.6. The second kappa shape index (κ2) is 7.28. The third-order valence-electron chi connectivity index (χ3n) is 3.61. The standard InChI is InChI=1S/C15H22N2O4/c1-3-17-6-7-21-12(10-17)9-16-15(19)13-8-11(20-2)4-5-14(13)18/h4-5,8,12,18H,3,6-7,9-10H2,1-2H3,(H,16,19). The molecule has 1 aromatic rings. The Balaban J connectivity index is 1.92. The largest absolute Gasteiger partial charge is 0.507 e. The van der Waals surface area contributed by atoms with Gasteiger partial charge in [0.2, 0.25) is 0 Å². The van der Waals surface area contributed by atoms with Gasteiger partial charge in [0.15, 0.2) is 0 Å². The van der Waals surface area contributed by atoms with Gasteiger partial charge in [-0.25, -0.2) is 0 Å². The maximum Gasteiger partial charge on any atom is 0.255 e. The summed E-state index contributed by atoms with van der Waals surface area (Å²) in [4.78, 5) is 14.4. The highest BCUT2D eigenvalue weighted by Gasteiger charge is 2.20. The van der Waals surface area contributed by atoms with Gasteiger partial charge in [-0.05, 0) is 24.7 Å². The Labute approximate surface area is 124 Å². The minimum Gasteiger partial charge on any atom is -0.507 e. The quantitative estimate of drug-likeness (QED) is 0.842. The van der Waals surface area contributed by atoms with Crippen molar-refractivity contribution in [3.05, 3.63) is 23.8 Å². The minimum absolute atomic E-state index is 0.0181. The molecule has 0 aromatic heterocycles. The Morgan fingerprint density at radius 3 is 3.10 bits per heavy atom. The zero-order valence-corrected chi connectivity index (χ0v) is 12.5. The number of hydrogen-bond acceptors (Lipinski definition) is 5. The van der Waals surface area contributed by atoms with Crippen molar-refractivity contribution in [1.82, 2.24) is 10.2 Å². The van der Waals surface area contributed by atoms with E-state index in [9.17, 15) is 9.90 Å². The zero-order chi connectivity index (χ0) is 15.2. The topological polar surface area (TPSA) is 71.0 Å². The fourth-order valence-corrected chi connectivity index (χ4v) is 2.32. The number of ether oxygens (including phenoxy) is 2. The molecule has 1 aliphatic rings. The van der Waals surface area contributed by atoms with Crippen molar-refractivity contribution >= 4 is 5.91 Å². The van der Waals surface area contributed by atoms with Crippen LogP contribution in [0.5, 0.6) is 11.5 Å². The number of methoxy groups -OCH3 is 1. The van der Waals surface area contributed by atoms with Gasteiger partial charge >= 0.3 is 0 Å². The number of carbonyl (C=O) groups is 1. The number of likely N-dealkylation sites (N-methyl/N-ethyl adjacent to an activating group) is 1. The molecule has 116 valence electrons.